The molecule has 1 aliphatic carbocycles. The number of aliphatic hydroxyl groups excluding tert-OH is 2. The summed E-state index contributed by atoms with van der Waals surface area (Å²) in [5, 5.41) is 34.2. The molecule has 1 spiro atoms. The molecular weight excluding hydrogens is 801 g/mol. The van der Waals surface area contributed by atoms with Crippen molar-refractivity contribution >= 4 is 5.97 Å². The van der Waals surface area contributed by atoms with Crippen LogP contribution in [-0.2, 0) is 52.2 Å². The van der Waals surface area contributed by atoms with E-state index in [1.807, 2.05) is 32.1 Å². The first-order valence-corrected chi connectivity index (χ1v) is 22.9. The fourth-order valence-corrected chi connectivity index (χ4v) is 10.6. The quantitative estimate of drug-likeness (QED) is 0.210. The topological polar surface area (TPSA) is 170 Å². The zero-order valence-corrected chi connectivity index (χ0v) is 38.2. The van der Waals surface area contributed by atoms with E-state index in [2.05, 4.69) is 39.8 Å². The summed E-state index contributed by atoms with van der Waals surface area (Å²) in [6.45, 7) is 16.1. The average molecular weight is 873 g/mol. The Labute approximate surface area is 367 Å². The third-order valence-corrected chi connectivity index (χ3v) is 14.5. The molecular formula is C48H72O14. The molecule has 0 aromatic heterocycles. The highest BCUT2D eigenvalue weighted by Gasteiger charge is 2.60. The molecule has 1 unspecified atom stereocenters. The van der Waals surface area contributed by atoms with Crippen LogP contribution in [0.4, 0.5) is 0 Å². The van der Waals surface area contributed by atoms with Crippen LogP contribution in [0, 0.1) is 23.7 Å². The maximum absolute atomic E-state index is 14.3. The summed E-state index contributed by atoms with van der Waals surface area (Å²) in [4.78, 5) is 14.3. The maximum Gasteiger partial charge on any atom is 0.316 e. The molecule has 0 saturated carbocycles. The standard InChI is InChI=1S/C48H72O14/c1-11-25(2)43-28(5)17-18-47(62-43)23-34-20-33(61-47)16-15-27(4)42(26(3)13-12-14-32-24-55-45-40(49)29(6)19-35(46(51)58-34)48(32,45)52)59-39-22-37(54-10)44(31(8)57-39)60-38-21-36(53-9)41(50)30(7)56-38/h12-15,17-19,25-26,28,30-31,33-45,49-50,52H,11,16,20-24H2,1-10H3/b13-12+,27-15+,32-14-/t25?,26-,28-,30-,31-,33+,34-,35-,36-,37-,38-,39-,40+,41-,42-,43+,44-,45+,47+,48+/m0/s1. The van der Waals surface area contributed by atoms with Crippen molar-refractivity contribution < 1.29 is 67.5 Å². The van der Waals surface area contributed by atoms with Gasteiger partial charge in [0.15, 0.2) is 18.4 Å². The van der Waals surface area contributed by atoms with Gasteiger partial charge in [-0.05, 0) is 62.8 Å². The Hall–Kier alpha value is -2.31. The summed E-state index contributed by atoms with van der Waals surface area (Å²) in [6.07, 6.45) is 8.55. The molecule has 0 aromatic carbocycles. The van der Waals surface area contributed by atoms with E-state index in [1.54, 1.807) is 40.2 Å². The largest absolute Gasteiger partial charge is 0.462 e. The van der Waals surface area contributed by atoms with Crippen LogP contribution < -0.4 is 0 Å². The van der Waals surface area contributed by atoms with E-state index in [4.69, 9.17) is 47.4 Å². The van der Waals surface area contributed by atoms with E-state index in [9.17, 15) is 20.1 Å². The number of carbonyl (C=O) groups excluding carboxylic acids is 1. The smallest absolute Gasteiger partial charge is 0.316 e. The van der Waals surface area contributed by atoms with E-state index >= 15 is 0 Å². The molecule has 2 bridgehead atoms. The lowest BCUT2D eigenvalue weighted by Gasteiger charge is -2.48. The van der Waals surface area contributed by atoms with Crippen LogP contribution in [0.2, 0.25) is 0 Å². The van der Waals surface area contributed by atoms with Crippen molar-refractivity contribution in [3.8, 4) is 0 Å². The SMILES string of the molecule is CCC(C)[C@H]1O[C@]2(C=C[C@@H]1C)C[C@@H]1C[C@@H](C/C=C(\C)[C@@H](O[C@H]3C[C@H](OC)[C@@H](O[C@H]4C[C@H](OC)[C@@H](O)[C@H](C)O4)[C@H](C)O3)[C@@H](C)/C=C/C=C3/CO[C@@H]4[C@H](O)C(C)=C[C@@H](C(=O)O1)[C@]34O)O2. The van der Waals surface area contributed by atoms with Crippen LogP contribution >= 0.6 is 0 Å². The second-order valence-corrected chi connectivity index (χ2v) is 19.0. The molecule has 0 radical (unpaired) electrons. The Morgan fingerprint density at radius 2 is 1.60 bits per heavy atom. The van der Waals surface area contributed by atoms with Crippen molar-refractivity contribution in [1.82, 2.24) is 0 Å². The van der Waals surface area contributed by atoms with Gasteiger partial charge in [0.2, 0.25) is 0 Å². The minimum atomic E-state index is -1.84. The number of methoxy groups -OCH3 is 2. The highest BCUT2D eigenvalue weighted by Crippen LogP contribution is 2.47. The minimum Gasteiger partial charge on any atom is -0.462 e. The summed E-state index contributed by atoms with van der Waals surface area (Å²) in [7, 11) is 3.22. The van der Waals surface area contributed by atoms with Gasteiger partial charge in [-0.15, -0.1) is 0 Å². The number of allylic oxidation sites excluding steroid dienone is 2. The molecule has 0 amide bonds. The predicted octanol–water partition coefficient (Wildman–Crippen LogP) is 5.38. The second-order valence-electron chi connectivity index (χ2n) is 19.0. The minimum absolute atomic E-state index is 0.0317. The highest BCUT2D eigenvalue weighted by molar-refractivity contribution is 5.78. The number of fused-ring (bicyclic) bond motifs is 2. The van der Waals surface area contributed by atoms with E-state index in [0.717, 1.165) is 12.0 Å². The van der Waals surface area contributed by atoms with Gasteiger partial charge < -0.3 is 62.7 Å². The third kappa shape index (κ3) is 9.64. The molecule has 14 nitrogen and oxygen atoms in total. The summed E-state index contributed by atoms with van der Waals surface area (Å²) >= 11 is 0. The zero-order valence-electron chi connectivity index (χ0n) is 38.2. The molecule has 7 aliphatic rings. The molecule has 4 fully saturated rings. The lowest BCUT2D eigenvalue weighted by atomic mass is 9.71. The molecule has 4 saturated heterocycles. The molecule has 7 rings (SSSR count). The zero-order chi connectivity index (χ0) is 44.7. The van der Waals surface area contributed by atoms with Crippen molar-refractivity contribution in [2.75, 3.05) is 20.8 Å². The predicted molar refractivity (Wildman–Crippen MR) is 227 cm³/mol. The van der Waals surface area contributed by atoms with Gasteiger partial charge in [0.25, 0.3) is 0 Å². The monoisotopic (exact) mass is 872 g/mol. The highest BCUT2D eigenvalue weighted by atomic mass is 16.7. The van der Waals surface area contributed by atoms with Gasteiger partial charge in [0, 0.05) is 51.7 Å². The van der Waals surface area contributed by atoms with Crippen LogP contribution in [0.3, 0.4) is 0 Å². The van der Waals surface area contributed by atoms with Crippen molar-refractivity contribution in [2.45, 2.75) is 191 Å². The Morgan fingerprint density at radius 3 is 2.32 bits per heavy atom. The number of esters is 1. The van der Waals surface area contributed by atoms with Gasteiger partial charge in [-0.3, -0.25) is 4.79 Å². The van der Waals surface area contributed by atoms with Crippen molar-refractivity contribution in [2.24, 2.45) is 23.7 Å². The maximum atomic E-state index is 14.3. The fourth-order valence-electron chi connectivity index (χ4n) is 10.6. The van der Waals surface area contributed by atoms with E-state index in [-0.39, 0.29) is 42.7 Å². The van der Waals surface area contributed by atoms with Crippen LogP contribution in [0.5, 0.6) is 0 Å². The first kappa shape index (κ1) is 47.6. The van der Waals surface area contributed by atoms with Crippen molar-refractivity contribution in [3.63, 3.8) is 0 Å². The van der Waals surface area contributed by atoms with Crippen LogP contribution in [0.15, 0.2) is 59.3 Å². The molecule has 348 valence electrons. The summed E-state index contributed by atoms with van der Waals surface area (Å²) in [5.41, 5.74) is 0.134. The van der Waals surface area contributed by atoms with Crippen LogP contribution in [0.1, 0.15) is 93.9 Å². The lowest BCUT2D eigenvalue weighted by molar-refractivity contribution is -0.318. The second kappa shape index (κ2) is 19.7. The normalized spacial score (nSPS) is 49.1. The van der Waals surface area contributed by atoms with Gasteiger partial charge in [-0.25, -0.2) is 0 Å². The molecule has 20 atom stereocenters. The molecule has 0 aromatic rings. The lowest BCUT2D eigenvalue weighted by Crippen LogP contribution is -2.58. The Bertz CT molecular complexity index is 1730. The van der Waals surface area contributed by atoms with Gasteiger partial charge >= 0.3 is 5.97 Å². The number of ether oxygens (including phenoxy) is 10. The molecule has 14 heteroatoms. The van der Waals surface area contributed by atoms with Gasteiger partial charge in [0.05, 0.1) is 49.3 Å². The first-order valence-electron chi connectivity index (χ1n) is 22.9. The summed E-state index contributed by atoms with van der Waals surface area (Å²) in [5.74, 6) is -2.56. The number of hydrogen-bond donors (Lipinski definition) is 3. The number of carbonyl (C=O) groups is 1. The van der Waals surface area contributed by atoms with Crippen LogP contribution in [-0.4, -0.2) is 139 Å². The van der Waals surface area contributed by atoms with Crippen molar-refractivity contribution in [3.05, 3.63) is 59.3 Å². The summed E-state index contributed by atoms with van der Waals surface area (Å²) in [6, 6.07) is 0. The molecule has 62 heavy (non-hydrogen) atoms. The number of rotatable bonds is 8. The molecule has 3 N–H and O–H groups in total. The Balaban J connectivity index is 1.18. The van der Waals surface area contributed by atoms with E-state index in [1.165, 1.54) is 0 Å². The van der Waals surface area contributed by atoms with Gasteiger partial charge in [-0.1, -0.05) is 70.6 Å². The van der Waals surface area contributed by atoms with Crippen molar-refractivity contribution in [1.29, 1.82) is 0 Å². The van der Waals surface area contributed by atoms with Gasteiger partial charge in [-0.2, -0.15) is 0 Å². The first-order chi connectivity index (χ1) is 29.5. The third-order valence-electron chi connectivity index (χ3n) is 14.5. The van der Waals surface area contributed by atoms with E-state index < -0.39 is 90.8 Å². The van der Waals surface area contributed by atoms with E-state index in [0.29, 0.717) is 43.3 Å². The average Bonchev–Trinajstić information content (AvgIpc) is 3.58. The Morgan fingerprint density at radius 1 is 0.887 bits per heavy atom. The molecule has 6 heterocycles. The van der Waals surface area contributed by atoms with Gasteiger partial charge in [0.1, 0.15) is 42.0 Å². The fraction of sp³-hybridized carbons (Fsp3) is 0.771. The molecule has 6 aliphatic heterocycles. The number of aliphatic hydroxyl groups is 3. The van der Waals surface area contributed by atoms with Crippen LogP contribution in [0.25, 0.3) is 0 Å². The summed E-state index contributed by atoms with van der Waals surface area (Å²) < 4.78 is 63.7. The number of hydrogen-bond acceptors (Lipinski definition) is 14. The Kier molecular flexibility index (Phi) is 15.1.